The summed E-state index contributed by atoms with van der Waals surface area (Å²) in [5.74, 6) is 1.45. The molecular formula is C22H29N5O3S2. The van der Waals surface area contributed by atoms with Crippen LogP contribution in [0.4, 0.5) is 5.82 Å². The number of hydrogen-bond acceptors (Lipinski definition) is 8. The zero-order valence-electron chi connectivity index (χ0n) is 18.8. The third-order valence-corrected chi connectivity index (χ3v) is 7.65. The molecule has 0 saturated heterocycles. The molecule has 0 fully saturated rings. The molecule has 1 aliphatic carbocycles. The summed E-state index contributed by atoms with van der Waals surface area (Å²) in [6, 6.07) is 1.68. The van der Waals surface area contributed by atoms with Gasteiger partial charge in [0, 0.05) is 29.7 Å². The molecule has 0 spiro atoms. The Kier molecular flexibility index (Phi) is 7.32. The van der Waals surface area contributed by atoms with Gasteiger partial charge in [0.15, 0.2) is 11.0 Å². The third kappa shape index (κ3) is 5.24. The highest BCUT2D eigenvalue weighted by molar-refractivity contribution is 7.99. The van der Waals surface area contributed by atoms with Gasteiger partial charge in [-0.25, -0.2) is 4.98 Å². The van der Waals surface area contributed by atoms with Crippen molar-refractivity contribution in [2.45, 2.75) is 57.1 Å². The van der Waals surface area contributed by atoms with Gasteiger partial charge in [-0.2, -0.15) is 0 Å². The highest BCUT2D eigenvalue weighted by atomic mass is 32.2. The smallest absolute Gasteiger partial charge is 0.263 e. The van der Waals surface area contributed by atoms with Crippen molar-refractivity contribution in [1.29, 1.82) is 0 Å². The van der Waals surface area contributed by atoms with Crippen LogP contribution in [0.15, 0.2) is 20.5 Å². The lowest BCUT2D eigenvalue weighted by molar-refractivity contribution is -0.115. The number of thioether (sulfide) groups is 1. The minimum Gasteiger partial charge on any atom is -0.360 e. The summed E-state index contributed by atoms with van der Waals surface area (Å²) in [6.07, 6.45) is 5.49. The van der Waals surface area contributed by atoms with Crippen LogP contribution in [0.2, 0.25) is 0 Å². The number of nitrogens with zero attached hydrogens (tertiary/aromatic N) is 4. The number of carbonyl (C=O) groups excluding carboxylic acids is 1. The second-order valence-corrected chi connectivity index (χ2v) is 10.5. The first kappa shape index (κ1) is 23.0. The monoisotopic (exact) mass is 475 g/mol. The minimum absolute atomic E-state index is 0.0678. The number of carbonyl (C=O) groups is 1. The Morgan fingerprint density at radius 2 is 2.16 bits per heavy atom. The van der Waals surface area contributed by atoms with E-state index >= 15 is 0 Å². The standard InChI is InChI=1S/C22H29N5O3S2/c1-14-13-17(25-30-14)23-18(28)9-12-31-22-24-20-19(15-7-4-5-8-16(15)32-20)21(29)27(22)11-6-10-26(2)3/h13H,4-12H2,1-3H3,(H,23,25,28). The van der Waals surface area contributed by atoms with Crippen LogP contribution in [0.5, 0.6) is 0 Å². The van der Waals surface area contributed by atoms with E-state index in [2.05, 4.69) is 15.4 Å². The second kappa shape index (κ2) is 10.2. The van der Waals surface area contributed by atoms with E-state index in [1.807, 2.05) is 18.7 Å². The fraction of sp³-hybridized carbons (Fsp3) is 0.545. The molecule has 3 aromatic heterocycles. The first-order valence-electron chi connectivity index (χ1n) is 11.0. The number of rotatable bonds is 9. The van der Waals surface area contributed by atoms with Crippen LogP contribution in [-0.4, -0.2) is 51.9 Å². The Morgan fingerprint density at radius 3 is 2.91 bits per heavy atom. The van der Waals surface area contributed by atoms with Crippen LogP contribution < -0.4 is 10.9 Å². The summed E-state index contributed by atoms with van der Waals surface area (Å²) < 4.78 is 6.79. The van der Waals surface area contributed by atoms with E-state index < -0.39 is 0 Å². The van der Waals surface area contributed by atoms with Crippen LogP contribution >= 0.6 is 23.1 Å². The highest BCUT2D eigenvalue weighted by Crippen LogP contribution is 2.34. The van der Waals surface area contributed by atoms with Crippen molar-refractivity contribution in [2.24, 2.45) is 0 Å². The maximum atomic E-state index is 13.5. The van der Waals surface area contributed by atoms with Crippen LogP contribution in [0.1, 0.15) is 41.9 Å². The minimum atomic E-state index is -0.139. The van der Waals surface area contributed by atoms with E-state index in [1.54, 1.807) is 24.3 Å². The summed E-state index contributed by atoms with van der Waals surface area (Å²) in [5.41, 5.74) is 1.28. The molecule has 172 valence electrons. The Labute approximate surface area is 195 Å². The van der Waals surface area contributed by atoms with Gasteiger partial charge < -0.3 is 14.7 Å². The molecule has 1 N–H and O–H groups in total. The fourth-order valence-corrected chi connectivity index (χ4v) is 6.20. The summed E-state index contributed by atoms with van der Waals surface area (Å²) in [6.45, 7) is 3.30. The topological polar surface area (TPSA) is 93.3 Å². The normalized spacial score (nSPS) is 13.6. The van der Waals surface area contributed by atoms with Crippen LogP contribution in [-0.2, 0) is 24.2 Å². The molecule has 0 aromatic carbocycles. The Morgan fingerprint density at radius 1 is 1.34 bits per heavy atom. The predicted octanol–water partition coefficient (Wildman–Crippen LogP) is 3.71. The van der Waals surface area contributed by atoms with E-state index in [4.69, 9.17) is 9.51 Å². The molecule has 0 unspecified atom stereocenters. The SMILES string of the molecule is Cc1cc(NC(=O)CCSc2nc3sc4c(c3c(=O)n2CCCN(C)C)CCCC4)no1. The maximum absolute atomic E-state index is 13.5. The summed E-state index contributed by atoms with van der Waals surface area (Å²) >= 11 is 3.13. The molecule has 1 amide bonds. The van der Waals surface area contributed by atoms with Gasteiger partial charge in [0.05, 0.1) is 5.39 Å². The average molecular weight is 476 g/mol. The van der Waals surface area contributed by atoms with Crippen LogP contribution in [0.3, 0.4) is 0 Å². The second-order valence-electron chi connectivity index (χ2n) is 8.37. The lowest BCUT2D eigenvalue weighted by Crippen LogP contribution is -2.26. The number of thiophene rings is 1. The number of aromatic nitrogens is 3. The molecule has 3 aromatic rings. The average Bonchev–Trinajstić information content (AvgIpc) is 3.32. The van der Waals surface area contributed by atoms with Gasteiger partial charge in [0.2, 0.25) is 5.91 Å². The quantitative estimate of drug-likeness (QED) is 0.372. The fourth-order valence-electron chi connectivity index (χ4n) is 3.94. The zero-order chi connectivity index (χ0) is 22.7. The van der Waals surface area contributed by atoms with Gasteiger partial charge in [-0.15, -0.1) is 11.3 Å². The molecule has 0 bridgehead atoms. The third-order valence-electron chi connectivity index (χ3n) is 5.48. The predicted molar refractivity (Wildman–Crippen MR) is 129 cm³/mol. The van der Waals surface area contributed by atoms with E-state index in [-0.39, 0.29) is 11.5 Å². The van der Waals surface area contributed by atoms with Crippen molar-refractivity contribution in [3.8, 4) is 0 Å². The Bertz CT molecular complexity index is 1160. The van der Waals surface area contributed by atoms with Crippen molar-refractivity contribution >= 4 is 45.0 Å². The molecule has 0 atom stereocenters. The van der Waals surface area contributed by atoms with Crippen molar-refractivity contribution in [3.05, 3.63) is 32.6 Å². The summed E-state index contributed by atoms with van der Waals surface area (Å²) in [5, 5.41) is 8.04. The largest absolute Gasteiger partial charge is 0.360 e. The number of fused-ring (bicyclic) bond motifs is 3. The zero-order valence-corrected chi connectivity index (χ0v) is 20.4. The van der Waals surface area contributed by atoms with Crippen molar-refractivity contribution in [2.75, 3.05) is 31.7 Å². The molecule has 1 aliphatic rings. The van der Waals surface area contributed by atoms with Gasteiger partial charge in [0.1, 0.15) is 10.6 Å². The number of aryl methyl sites for hydroxylation is 3. The molecule has 8 nitrogen and oxygen atoms in total. The summed E-state index contributed by atoms with van der Waals surface area (Å²) in [4.78, 5) is 34.9. The Hall–Kier alpha value is -2.17. The number of hydrogen-bond donors (Lipinski definition) is 1. The number of amides is 1. The van der Waals surface area contributed by atoms with E-state index in [0.717, 1.165) is 42.4 Å². The first-order valence-corrected chi connectivity index (χ1v) is 12.8. The van der Waals surface area contributed by atoms with E-state index in [0.29, 0.717) is 35.5 Å². The van der Waals surface area contributed by atoms with E-state index in [1.165, 1.54) is 28.6 Å². The van der Waals surface area contributed by atoms with Crippen molar-refractivity contribution in [3.63, 3.8) is 0 Å². The molecular weight excluding hydrogens is 446 g/mol. The summed E-state index contributed by atoms with van der Waals surface area (Å²) in [7, 11) is 4.06. The molecule has 0 aliphatic heterocycles. The highest BCUT2D eigenvalue weighted by Gasteiger charge is 2.22. The number of nitrogens with one attached hydrogen (secondary N) is 1. The Balaban J connectivity index is 1.53. The lowest BCUT2D eigenvalue weighted by atomic mass is 9.97. The van der Waals surface area contributed by atoms with Crippen LogP contribution in [0, 0.1) is 6.92 Å². The maximum Gasteiger partial charge on any atom is 0.263 e. The van der Waals surface area contributed by atoms with E-state index in [9.17, 15) is 9.59 Å². The molecule has 0 saturated carbocycles. The van der Waals surface area contributed by atoms with Crippen LogP contribution in [0.25, 0.3) is 10.2 Å². The molecule has 3 heterocycles. The van der Waals surface area contributed by atoms with Gasteiger partial charge in [0.25, 0.3) is 5.56 Å². The lowest BCUT2D eigenvalue weighted by Gasteiger charge is -2.15. The molecule has 0 radical (unpaired) electrons. The van der Waals surface area contributed by atoms with Gasteiger partial charge in [-0.05, 0) is 65.2 Å². The van der Waals surface area contributed by atoms with Crippen molar-refractivity contribution < 1.29 is 9.32 Å². The number of anilines is 1. The molecule has 4 rings (SSSR count). The van der Waals surface area contributed by atoms with Gasteiger partial charge in [-0.1, -0.05) is 16.9 Å². The molecule has 10 heteroatoms. The van der Waals surface area contributed by atoms with Crippen molar-refractivity contribution in [1.82, 2.24) is 19.6 Å². The van der Waals surface area contributed by atoms with Gasteiger partial charge in [-0.3, -0.25) is 14.2 Å². The first-order chi connectivity index (χ1) is 15.4. The van der Waals surface area contributed by atoms with Gasteiger partial charge >= 0.3 is 0 Å². The molecule has 32 heavy (non-hydrogen) atoms.